The van der Waals surface area contributed by atoms with Crippen LogP contribution in [-0.4, -0.2) is 23.9 Å². The molecule has 106 valence electrons. The largest absolute Gasteiger partial charge is 0.337 e. The lowest BCUT2D eigenvalue weighted by Gasteiger charge is -2.27. The van der Waals surface area contributed by atoms with Gasteiger partial charge in [-0.1, -0.05) is 0 Å². The van der Waals surface area contributed by atoms with Crippen LogP contribution in [0.5, 0.6) is 0 Å². The van der Waals surface area contributed by atoms with E-state index in [9.17, 15) is 4.79 Å². The monoisotopic (exact) mass is 306 g/mol. The van der Waals surface area contributed by atoms with E-state index in [2.05, 4.69) is 40.5 Å². The van der Waals surface area contributed by atoms with Crippen molar-refractivity contribution in [3.63, 3.8) is 0 Å². The zero-order valence-electron chi connectivity index (χ0n) is 11.5. The van der Waals surface area contributed by atoms with Crippen molar-refractivity contribution in [1.82, 2.24) is 10.2 Å². The van der Waals surface area contributed by atoms with Crippen LogP contribution in [0.15, 0.2) is 28.3 Å². The molecule has 0 spiro atoms. The molecule has 0 bridgehead atoms. The molecule has 20 heavy (non-hydrogen) atoms. The lowest BCUT2D eigenvalue weighted by atomic mass is 10.1. The maximum Gasteiger partial charge on any atom is 0.236 e. The minimum absolute atomic E-state index is 0.198. The van der Waals surface area contributed by atoms with Gasteiger partial charge in [0, 0.05) is 24.0 Å². The van der Waals surface area contributed by atoms with Crippen molar-refractivity contribution in [2.75, 3.05) is 13.1 Å². The first-order valence-corrected chi connectivity index (χ1v) is 8.65. The van der Waals surface area contributed by atoms with Crippen molar-refractivity contribution in [3.8, 4) is 0 Å². The van der Waals surface area contributed by atoms with E-state index in [-0.39, 0.29) is 11.9 Å². The molecule has 3 heterocycles. The van der Waals surface area contributed by atoms with E-state index in [0.29, 0.717) is 6.54 Å². The number of rotatable bonds is 4. The molecule has 5 heteroatoms. The van der Waals surface area contributed by atoms with Crippen LogP contribution in [0.25, 0.3) is 0 Å². The normalized spacial score (nSPS) is 15.9. The summed E-state index contributed by atoms with van der Waals surface area (Å²) in [6.07, 6.45) is 0.999. The second kappa shape index (κ2) is 6.08. The molecule has 1 aliphatic rings. The zero-order chi connectivity index (χ0) is 13.9. The molecule has 0 saturated carbocycles. The number of carbonyl (C=O) groups is 1. The Kier molecular flexibility index (Phi) is 4.19. The number of amides is 1. The van der Waals surface area contributed by atoms with Crippen molar-refractivity contribution < 1.29 is 4.79 Å². The molecule has 0 radical (unpaired) electrons. The van der Waals surface area contributed by atoms with Crippen molar-refractivity contribution in [2.45, 2.75) is 25.9 Å². The second-order valence-electron chi connectivity index (χ2n) is 5.09. The van der Waals surface area contributed by atoms with Crippen LogP contribution in [0.4, 0.5) is 0 Å². The Hall–Kier alpha value is -1.17. The average molecular weight is 306 g/mol. The molecule has 1 N–H and O–H groups in total. The Morgan fingerprint density at radius 1 is 1.45 bits per heavy atom. The van der Waals surface area contributed by atoms with Crippen molar-refractivity contribution in [2.24, 2.45) is 0 Å². The van der Waals surface area contributed by atoms with Crippen LogP contribution in [0.2, 0.25) is 0 Å². The lowest BCUT2D eigenvalue weighted by molar-refractivity contribution is -0.131. The van der Waals surface area contributed by atoms with Crippen LogP contribution >= 0.6 is 22.7 Å². The Bertz CT molecular complexity index is 576. The summed E-state index contributed by atoms with van der Waals surface area (Å²) in [5.74, 6) is 0.198. The molecule has 0 aromatic carbocycles. The van der Waals surface area contributed by atoms with Gasteiger partial charge in [-0.3, -0.25) is 4.79 Å². The molecule has 1 atom stereocenters. The Morgan fingerprint density at radius 2 is 2.35 bits per heavy atom. The minimum atomic E-state index is 0.198. The van der Waals surface area contributed by atoms with Crippen molar-refractivity contribution in [3.05, 3.63) is 44.3 Å². The molecule has 1 unspecified atom stereocenters. The summed E-state index contributed by atoms with van der Waals surface area (Å²) in [6, 6.07) is 4.47. The van der Waals surface area contributed by atoms with Gasteiger partial charge < -0.3 is 10.2 Å². The average Bonchev–Trinajstić information content (AvgIpc) is 3.13. The Labute approximate surface area is 127 Å². The number of thiophene rings is 2. The predicted octanol–water partition coefficient (Wildman–Crippen LogP) is 3.05. The number of nitrogens with zero attached hydrogens (tertiary/aromatic N) is 1. The molecule has 3 rings (SSSR count). The molecule has 1 aliphatic heterocycles. The summed E-state index contributed by atoms with van der Waals surface area (Å²) in [7, 11) is 0. The van der Waals surface area contributed by atoms with E-state index in [4.69, 9.17) is 0 Å². The highest BCUT2D eigenvalue weighted by molar-refractivity contribution is 7.10. The second-order valence-corrected chi connectivity index (χ2v) is 6.87. The summed E-state index contributed by atoms with van der Waals surface area (Å²) in [5, 5.41) is 9.63. The fraction of sp³-hybridized carbons (Fsp3) is 0.400. The molecule has 2 aromatic rings. The fourth-order valence-corrected chi connectivity index (χ4v) is 4.10. The topological polar surface area (TPSA) is 32.3 Å². The zero-order valence-corrected chi connectivity index (χ0v) is 13.1. The van der Waals surface area contributed by atoms with Crippen LogP contribution in [-0.2, 0) is 17.8 Å². The van der Waals surface area contributed by atoms with Crippen LogP contribution < -0.4 is 5.32 Å². The standard InChI is InChI=1S/C15H18N2OS2/c1-11(13-3-6-19-10-13)16-8-15(18)17-5-2-14-12(9-17)4-7-20-14/h3-4,6-7,10-11,16H,2,5,8-9H2,1H3. The molecule has 1 amide bonds. The molecule has 0 saturated heterocycles. The van der Waals surface area contributed by atoms with E-state index in [1.165, 1.54) is 16.0 Å². The summed E-state index contributed by atoms with van der Waals surface area (Å²) in [6.45, 7) is 4.13. The molecule has 0 fully saturated rings. The third-order valence-corrected chi connectivity index (χ3v) is 5.49. The van der Waals surface area contributed by atoms with Gasteiger partial charge >= 0.3 is 0 Å². The summed E-state index contributed by atoms with van der Waals surface area (Å²) in [4.78, 5) is 15.7. The van der Waals surface area contributed by atoms with Gasteiger partial charge in [0.2, 0.25) is 5.91 Å². The number of fused-ring (bicyclic) bond motifs is 1. The first-order valence-electron chi connectivity index (χ1n) is 6.82. The van der Waals surface area contributed by atoms with E-state index in [1.807, 2.05) is 4.90 Å². The maximum absolute atomic E-state index is 12.3. The third-order valence-electron chi connectivity index (χ3n) is 3.76. The fourth-order valence-electron chi connectivity index (χ4n) is 2.45. The first-order chi connectivity index (χ1) is 9.74. The van der Waals surface area contributed by atoms with Gasteiger partial charge in [-0.2, -0.15) is 11.3 Å². The Morgan fingerprint density at radius 3 is 3.15 bits per heavy atom. The number of hydrogen-bond acceptors (Lipinski definition) is 4. The highest BCUT2D eigenvalue weighted by Gasteiger charge is 2.21. The van der Waals surface area contributed by atoms with Gasteiger partial charge in [0.1, 0.15) is 0 Å². The quantitative estimate of drug-likeness (QED) is 0.941. The maximum atomic E-state index is 12.3. The lowest BCUT2D eigenvalue weighted by Crippen LogP contribution is -2.41. The van der Waals surface area contributed by atoms with Crippen LogP contribution in [0.3, 0.4) is 0 Å². The number of hydrogen-bond donors (Lipinski definition) is 1. The molecular weight excluding hydrogens is 288 g/mol. The highest BCUT2D eigenvalue weighted by Crippen LogP contribution is 2.24. The molecule has 3 nitrogen and oxygen atoms in total. The van der Waals surface area contributed by atoms with Gasteiger partial charge in [-0.25, -0.2) is 0 Å². The van der Waals surface area contributed by atoms with Crippen molar-refractivity contribution >= 4 is 28.6 Å². The Balaban J connectivity index is 1.53. The third kappa shape index (κ3) is 2.95. The smallest absolute Gasteiger partial charge is 0.236 e. The molecule has 0 aliphatic carbocycles. The van der Waals surface area contributed by atoms with Gasteiger partial charge in [0.15, 0.2) is 0 Å². The van der Waals surface area contributed by atoms with Crippen LogP contribution in [0.1, 0.15) is 29.0 Å². The van der Waals surface area contributed by atoms with Gasteiger partial charge in [0.05, 0.1) is 6.54 Å². The van der Waals surface area contributed by atoms with Crippen molar-refractivity contribution in [1.29, 1.82) is 0 Å². The summed E-state index contributed by atoms with van der Waals surface area (Å²) in [5.41, 5.74) is 2.57. The predicted molar refractivity (Wildman–Crippen MR) is 84.2 cm³/mol. The minimum Gasteiger partial charge on any atom is -0.337 e. The van der Waals surface area contributed by atoms with Gasteiger partial charge in [0.25, 0.3) is 0 Å². The van der Waals surface area contributed by atoms with E-state index >= 15 is 0 Å². The van der Waals surface area contributed by atoms with Crippen LogP contribution in [0, 0.1) is 0 Å². The highest BCUT2D eigenvalue weighted by atomic mass is 32.1. The van der Waals surface area contributed by atoms with Gasteiger partial charge in [-0.15, -0.1) is 11.3 Å². The van der Waals surface area contributed by atoms with Gasteiger partial charge in [-0.05, 0) is 52.7 Å². The molecule has 2 aromatic heterocycles. The van der Waals surface area contributed by atoms with E-state index in [1.54, 1.807) is 22.7 Å². The van der Waals surface area contributed by atoms with E-state index < -0.39 is 0 Å². The summed E-state index contributed by atoms with van der Waals surface area (Å²) >= 11 is 3.49. The van der Waals surface area contributed by atoms with E-state index in [0.717, 1.165) is 19.5 Å². The SMILES string of the molecule is CC(NCC(=O)N1CCc2sccc2C1)c1ccsc1. The first kappa shape index (κ1) is 13.8. The number of nitrogens with one attached hydrogen (secondary N) is 1. The summed E-state index contributed by atoms with van der Waals surface area (Å²) < 4.78 is 0. The number of carbonyl (C=O) groups excluding carboxylic acids is 1. The molecular formula is C15H18N2OS2.